The number of carbonyl (C=O) groups is 3. The monoisotopic (exact) mass is 456 g/mol. The molecule has 1 aromatic heterocycles. The first-order valence-corrected chi connectivity index (χ1v) is 10.3. The summed E-state index contributed by atoms with van der Waals surface area (Å²) in [5, 5.41) is 20.7. The van der Waals surface area contributed by atoms with E-state index in [2.05, 4.69) is 15.3 Å². The lowest BCUT2D eigenvalue weighted by atomic mass is 10.1. The summed E-state index contributed by atoms with van der Waals surface area (Å²) in [4.78, 5) is 48.1. The standard InChI is InChI=1S/C21H21ClN6O4/c22-17-13-16(24-18(26-17)14-5-2-1-3-6-14)19(29)25-15(7-4-8-23)20(30)27-9-11-28(12-10-27)21(31)32/h1-3,5-6,13,15H,4,7,9-12H2,(H,25,29)(H,31,32)/t15-/m0/s1. The van der Waals surface area contributed by atoms with Crippen LogP contribution in [0.2, 0.25) is 5.15 Å². The van der Waals surface area contributed by atoms with Gasteiger partial charge in [0, 0.05) is 44.2 Å². The fourth-order valence-electron chi connectivity index (χ4n) is 3.29. The predicted molar refractivity (Wildman–Crippen MR) is 115 cm³/mol. The number of hydrogen-bond acceptors (Lipinski definition) is 6. The molecular weight excluding hydrogens is 436 g/mol. The SMILES string of the molecule is N#CCC[C@H](NC(=O)c1cc(Cl)nc(-c2ccccc2)n1)C(=O)N1CCN(C(=O)O)CC1. The number of nitrogens with zero attached hydrogens (tertiary/aromatic N) is 5. The number of carbonyl (C=O) groups excluding carboxylic acids is 2. The van der Waals surface area contributed by atoms with E-state index in [0.717, 1.165) is 0 Å². The van der Waals surface area contributed by atoms with Gasteiger partial charge < -0.3 is 20.2 Å². The van der Waals surface area contributed by atoms with E-state index >= 15 is 0 Å². The number of amides is 3. The van der Waals surface area contributed by atoms with Gasteiger partial charge in [-0.15, -0.1) is 0 Å². The van der Waals surface area contributed by atoms with Crippen LogP contribution in [0.4, 0.5) is 4.79 Å². The molecule has 1 fully saturated rings. The van der Waals surface area contributed by atoms with Gasteiger partial charge in [-0.05, 0) is 6.42 Å². The second-order valence-corrected chi connectivity index (χ2v) is 7.47. The van der Waals surface area contributed by atoms with E-state index in [1.54, 1.807) is 24.3 Å². The first kappa shape index (κ1) is 23.0. The van der Waals surface area contributed by atoms with E-state index in [9.17, 15) is 14.4 Å². The van der Waals surface area contributed by atoms with Crippen molar-refractivity contribution in [3.63, 3.8) is 0 Å². The molecule has 11 heteroatoms. The van der Waals surface area contributed by atoms with Crippen molar-refractivity contribution in [3.8, 4) is 17.5 Å². The summed E-state index contributed by atoms with van der Waals surface area (Å²) in [6.45, 7) is 0.785. The Morgan fingerprint density at radius 2 is 1.78 bits per heavy atom. The largest absolute Gasteiger partial charge is 0.465 e. The van der Waals surface area contributed by atoms with E-state index < -0.39 is 18.0 Å². The van der Waals surface area contributed by atoms with Gasteiger partial charge in [-0.1, -0.05) is 41.9 Å². The minimum absolute atomic E-state index is 0.00527. The molecule has 2 N–H and O–H groups in total. The maximum atomic E-state index is 13.0. The Balaban J connectivity index is 1.75. The number of nitriles is 1. The van der Waals surface area contributed by atoms with E-state index in [1.165, 1.54) is 15.9 Å². The van der Waals surface area contributed by atoms with Crippen LogP contribution < -0.4 is 5.32 Å². The van der Waals surface area contributed by atoms with Gasteiger partial charge in [0.05, 0.1) is 6.07 Å². The number of piperazine rings is 1. The average molecular weight is 457 g/mol. The van der Waals surface area contributed by atoms with Gasteiger partial charge in [0.2, 0.25) is 5.91 Å². The summed E-state index contributed by atoms with van der Waals surface area (Å²) in [6.07, 6.45) is -0.864. The molecule has 32 heavy (non-hydrogen) atoms. The van der Waals surface area contributed by atoms with Crippen LogP contribution in [-0.4, -0.2) is 75.0 Å². The molecule has 2 heterocycles. The molecule has 0 spiro atoms. The average Bonchev–Trinajstić information content (AvgIpc) is 2.81. The molecule has 0 saturated carbocycles. The Hall–Kier alpha value is -3.71. The van der Waals surface area contributed by atoms with Crippen LogP contribution in [0.25, 0.3) is 11.4 Å². The summed E-state index contributed by atoms with van der Waals surface area (Å²) in [5.74, 6) is -0.720. The molecule has 0 bridgehead atoms. The second kappa shape index (κ2) is 10.5. The number of benzene rings is 1. The zero-order valence-corrected chi connectivity index (χ0v) is 17.8. The molecule has 166 valence electrons. The highest BCUT2D eigenvalue weighted by atomic mass is 35.5. The summed E-state index contributed by atoms with van der Waals surface area (Å²) in [7, 11) is 0. The van der Waals surface area contributed by atoms with Crippen molar-refractivity contribution >= 4 is 29.5 Å². The lowest BCUT2D eigenvalue weighted by molar-refractivity contribution is -0.135. The molecule has 10 nitrogen and oxygen atoms in total. The normalized spacial score (nSPS) is 14.4. The zero-order chi connectivity index (χ0) is 23.1. The first-order chi connectivity index (χ1) is 15.4. The number of nitrogens with one attached hydrogen (secondary N) is 1. The van der Waals surface area contributed by atoms with Gasteiger partial charge in [0.15, 0.2) is 5.82 Å². The number of aromatic nitrogens is 2. The van der Waals surface area contributed by atoms with E-state index in [0.29, 0.717) is 5.56 Å². The van der Waals surface area contributed by atoms with Crippen molar-refractivity contribution in [1.29, 1.82) is 5.26 Å². The van der Waals surface area contributed by atoms with Crippen LogP contribution in [0.5, 0.6) is 0 Å². The van der Waals surface area contributed by atoms with Crippen molar-refractivity contribution in [2.24, 2.45) is 0 Å². The van der Waals surface area contributed by atoms with Gasteiger partial charge in [0.1, 0.15) is 16.9 Å². The lowest BCUT2D eigenvalue weighted by Gasteiger charge is -2.35. The Kier molecular flexibility index (Phi) is 7.57. The predicted octanol–water partition coefficient (Wildman–Crippen LogP) is 2.02. The lowest BCUT2D eigenvalue weighted by Crippen LogP contribution is -2.55. The highest BCUT2D eigenvalue weighted by Crippen LogP contribution is 2.18. The van der Waals surface area contributed by atoms with Crippen molar-refractivity contribution in [2.45, 2.75) is 18.9 Å². The van der Waals surface area contributed by atoms with Gasteiger partial charge >= 0.3 is 6.09 Å². The van der Waals surface area contributed by atoms with Crippen molar-refractivity contribution in [3.05, 3.63) is 47.2 Å². The number of carboxylic acid groups (broad SMARTS) is 1. The summed E-state index contributed by atoms with van der Waals surface area (Å²) in [5.41, 5.74) is 0.673. The van der Waals surface area contributed by atoms with Gasteiger partial charge in [-0.25, -0.2) is 14.8 Å². The van der Waals surface area contributed by atoms with Crippen molar-refractivity contribution in [2.75, 3.05) is 26.2 Å². The molecule has 0 aliphatic carbocycles. The Bertz CT molecular complexity index is 1030. The minimum Gasteiger partial charge on any atom is -0.465 e. The third-order valence-corrected chi connectivity index (χ3v) is 5.16. The van der Waals surface area contributed by atoms with E-state index in [-0.39, 0.29) is 61.6 Å². The Labute approximate surface area is 189 Å². The molecule has 1 aliphatic rings. The minimum atomic E-state index is -1.04. The summed E-state index contributed by atoms with van der Waals surface area (Å²) < 4.78 is 0. The number of rotatable bonds is 6. The quantitative estimate of drug-likeness (QED) is 0.633. The zero-order valence-electron chi connectivity index (χ0n) is 17.1. The molecule has 3 rings (SSSR count). The van der Waals surface area contributed by atoms with Gasteiger partial charge in [-0.2, -0.15) is 5.26 Å². The van der Waals surface area contributed by atoms with Crippen LogP contribution in [0.15, 0.2) is 36.4 Å². The first-order valence-electron chi connectivity index (χ1n) is 9.93. The Morgan fingerprint density at radius 1 is 1.12 bits per heavy atom. The highest BCUT2D eigenvalue weighted by Gasteiger charge is 2.30. The molecule has 1 saturated heterocycles. The maximum absolute atomic E-state index is 13.0. The molecular formula is C21H21ClN6O4. The third kappa shape index (κ3) is 5.70. The molecule has 1 atom stereocenters. The topological polar surface area (TPSA) is 140 Å². The third-order valence-electron chi connectivity index (χ3n) is 4.97. The van der Waals surface area contributed by atoms with E-state index in [1.807, 2.05) is 12.1 Å². The Morgan fingerprint density at radius 3 is 2.41 bits per heavy atom. The second-order valence-electron chi connectivity index (χ2n) is 7.08. The number of hydrogen-bond donors (Lipinski definition) is 2. The summed E-state index contributed by atoms with van der Waals surface area (Å²) >= 11 is 6.09. The van der Waals surface area contributed by atoms with Crippen LogP contribution in [-0.2, 0) is 4.79 Å². The van der Waals surface area contributed by atoms with E-state index in [4.69, 9.17) is 22.0 Å². The molecule has 1 aromatic carbocycles. The van der Waals surface area contributed by atoms with Crippen LogP contribution in [0.1, 0.15) is 23.3 Å². The number of halogens is 1. The van der Waals surface area contributed by atoms with Crippen molar-refractivity contribution < 1.29 is 19.5 Å². The molecule has 2 aromatic rings. The maximum Gasteiger partial charge on any atom is 0.407 e. The van der Waals surface area contributed by atoms with Crippen LogP contribution >= 0.6 is 11.6 Å². The van der Waals surface area contributed by atoms with Gasteiger partial charge in [-0.3, -0.25) is 9.59 Å². The van der Waals surface area contributed by atoms with Crippen LogP contribution in [0, 0.1) is 11.3 Å². The van der Waals surface area contributed by atoms with Gasteiger partial charge in [0.25, 0.3) is 5.91 Å². The molecule has 3 amide bonds. The molecule has 0 unspecified atom stereocenters. The van der Waals surface area contributed by atoms with Crippen molar-refractivity contribution in [1.82, 2.24) is 25.1 Å². The molecule has 0 radical (unpaired) electrons. The fraction of sp³-hybridized carbons (Fsp3) is 0.333. The summed E-state index contributed by atoms with van der Waals surface area (Å²) in [6, 6.07) is 11.3. The fourth-order valence-corrected chi connectivity index (χ4v) is 3.47. The highest BCUT2D eigenvalue weighted by molar-refractivity contribution is 6.29. The molecule has 1 aliphatic heterocycles. The van der Waals surface area contributed by atoms with Crippen LogP contribution in [0.3, 0.4) is 0 Å². The smallest absolute Gasteiger partial charge is 0.407 e.